The van der Waals surface area contributed by atoms with E-state index in [1.807, 2.05) is 36.7 Å². The van der Waals surface area contributed by atoms with Crippen molar-refractivity contribution in [2.75, 3.05) is 0 Å². The molecule has 14 aromatic carbocycles. The van der Waals surface area contributed by atoms with Gasteiger partial charge in [0.2, 0.25) is 0 Å². The van der Waals surface area contributed by atoms with Crippen molar-refractivity contribution in [3.05, 3.63) is 376 Å². The Hall–Kier alpha value is -11.1. The Morgan fingerprint density at radius 3 is 0.611 bits per heavy atom. The number of hydrogen-bond acceptors (Lipinski definition) is 2. The molecule has 424 valence electrons. The minimum atomic E-state index is -2.78. The van der Waals surface area contributed by atoms with Gasteiger partial charge in [0.25, 0.3) is 0 Å². The molecule has 0 saturated carbocycles. The Balaban J connectivity index is 0.000000178. The number of pyridine rings is 2. The lowest BCUT2D eigenvalue weighted by molar-refractivity contribution is 1.33. The third-order valence-corrected chi connectivity index (χ3v) is 27.9. The van der Waals surface area contributed by atoms with Crippen LogP contribution in [0.25, 0.3) is 87.9 Å². The zero-order chi connectivity index (χ0) is 60.1. The molecule has 0 unspecified atom stereocenters. The molecule has 0 bridgehead atoms. The van der Waals surface area contributed by atoms with Crippen molar-refractivity contribution in [2.45, 2.75) is 0 Å². The molecule has 0 spiro atoms. The summed E-state index contributed by atoms with van der Waals surface area (Å²) in [7, 11) is -5.57. The molecule has 0 saturated heterocycles. The lowest BCUT2D eigenvalue weighted by atomic mass is 9.89. The molecule has 0 amide bonds. The van der Waals surface area contributed by atoms with Gasteiger partial charge in [0, 0.05) is 23.5 Å². The van der Waals surface area contributed by atoms with Gasteiger partial charge >= 0.3 is 0 Å². The summed E-state index contributed by atoms with van der Waals surface area (Å²) in [4.78, 5) is 9.18. The average Bonchev–Trinajstić information content (AvgIpc) is 0.753. The van der Waals surface area contributed by atoms with Crippen LogP contribution in [-0.2, 0) is 0 Å². The summed E-state index contributed by atoms with van der Waals surface area (Å²) in [6.07, 6.45) is 3.70. The van der Waals surface area contributed by atoms with Gasteiger partial charge < -0.3 is 0 Å². The summed E-state index contributed by atoms with van der Waals surface area (Å²) in [5, 5.41) is 21.1. The van der Waals surface area contributed by atoms with Crippen LogP contribution < -0.4 is 41.5 Å². The molecule has 2 nitrogen and oxygen atoms in total. The van der Waals surface area contributed by atoms with E-state index in [4.69, 9.17) is 0 Å². The molecule has 0 atom stereocenters. The highest BCUT2D eigenvalue weighted by Gasteiger charge is 2.44. The van der Waals surface area contributed by atoms with E-state index in [1.54, 1.807) is 0 Å². The Morgan fingerprint density at radius 1 is 0.156 bits per heavy atom. The van der Waals surface area contributed by atoms with E-state index in [-0.39, 0.29) is 0 Å². The lowest BCUT2D eigenvalue weighted by Gasteiger charge is -2.36. The maximum atomic E-state index is 4.59. The zero-order valence-corrected chi connectivity index (χ0v) is 51.7. The number of nitrogens with zero attached hydrogens (tertiary/aromatic N) is 2. The van der Waals surface area contributed by atoms with Gasteiger partial charge in [-0.1, -0.05) is 340 Å². The molecule has 4 heteroatoms. The van der Waals surface area contributed by atoms with Crippen molar-refractivity contribution < 1.29 is 0 Å². The van der Waals surface area contributed by atoms with Gasteiger partial charge in [-0.3, -0.25) is 9.97 Å². The maximum absolute atomic E-state index is 4.59. The Morgan fingerprint density at radius 2 is 0.356 bits per heavy atom. The van der Waals surface area contributed by atoms with Gasteiger partial charge in [0.05, 0.1) is 11.4 Å². The van der Waals surface area contributed by atoms with Crippen LogP contribution in [-0.4, -0.2) is 26.1 Å². The van der Waals surface area contributed by atoms with Crippen molar-refractivity contribution in [1.82, 2.24) is 9.97 Å². The van der Waals surface area contributed by atoms with E-state index < -0.39 is 16.1 Å². The molecule has 0 aliphatic carbocycles. The summed E-state index contributed by atoms with van der Waals surface area (Å²) in [5.74, 6) is 0. The monoisotopic (exact) mass is 1180 g/mol. The van der Waals surface area contributed by atoms with Crippen LogP contribution in [0.5, 0.6) is 0 Å². The molecular weight excluding hydrogens is 1120 g/mol. The van der Waals surface area contributed by atoms with E-state index >= 15 is 0 Å². The second-order valence-corrected chi connectivity index (χ2v) is 30.5. The highest BCUT2D eigenvalue weighted by atomic mass is 28.3. The van der Waals surface area contributed by atoms with Gasteiger partial charge in [-0.25, -0.2) is 0 Å². The molecule has 0 fully saturated rings. The number of hydrogen-bond donors (Lipinski definition) is 0. The quantitative estimate of drug-likeness (QED) is 0.0900. The second kappa shape index (κ2) is 24.6. The van der Waals surface area contributed by atoms with Crippen molar-refractivity contribution in [3.8, 4) is 44.8 Å². The molecule has 0 aliphatic heterocycles. The molecule has 90 heavy (non-hydrogen) atoms. The van der Waals surface area contributed by atoms with Crippen LogP contribution in [0.15, 0.2) is 376 Å². The van der Waals surface area contributed by atoms with Crippen LogP contribution in [0.4, 0.5) is 0 Å². The first kappa shape index (κ1) is 55.4. The third-order valence-electron chi connectivity index (χ3n) is 18.2. The topological polar surface area (TPSA) is 25.8 Å². The summed E-state index contributed by atoms with van der Waals surface area (Å²) >= 11 is 0. The highest BCUT2D eigenvalue weighted by molar-refractivity contribution is 7.21. The fraction of sp³-hybridized carbons (Fsp3) is 0. The maximum Gasteiger partial charge on any atom is 0.180 e. The fourth-order valence-electron chi connectivity index (χ4n) is 14.3. The van der Waals surface area contributed by atoms with Gasteiger partial charge in [-0.15, -0.1) is 0 Å². The summed E-state index contributed by atoms with van der Waals surface area (Å²) in [6.45, 7) is 0. The summed E-state index contributed by atoms with van der Waals surface area (Å²) in [5.41, 5.74) is 9.25. The van der Waals surface area contributed by atoms with Crippen molar-refractivity contribution >= 4 is 101 Å². The van der Waals surface area contributed by atoms with E-state index in [2.05, 4.69) is 350 Å². The molecule has 0 radical (unpaired) electrons. The standard InChI is InChI=1S/C56H42Si2.C30H20N2/c1-7-23-43(24-8-1)57(44-25-9-2-10-26-44,45-27-11-3-12-28-45)55-41-39-51(49-35-19-21-37-53(49)55)52-40-42-56(54-38-22-20-36-50(52)54)58(46-29-13-4-14-30-46,47-31-15-5-16-32-47)48-33-17-6-18-34-48;1-3-11-23-21(9-1)25(15-17-27(23)29-13-5-7-19-31-29)26-16-18-28(30-14-6-8-20-32-30)24-12-4-2-10-22(24)26/h1-42H;1-20H. The largest absolute Gasteiger partial charge is 0.256 e. The number of rotatable bonds is 12. The smallest absolute Gasteiger partial charge is 0.180 e. The number of benzene rings is 14. The normalized spacial score (nSPS) is 11.6. The number of aromatic nitrogens is 2. The third kappa shape index (κ3) is 9.76. The van der Waals surface area contributed by atoms with Crippen LogP contribution in [0.1, 0.15) is 0 Å². The minimum Gasteiger partial charge on any atom is -0.256 e. The van der Waals surface area contributed by atoms with E-state index in [0.29, 0.717) is 0 Å². The van der Waals surface area contributed by atoms with E-state index in [0.717, 1.165) is 22.5 Å². The Labute approximate surface area is 528 Å². The van der Waals surface area contributed by atoms with Crippen LogP contribution in [0.2, 0.25) is 0 Å². The summed E-state index contributed by atoms with van der Waals surface area (Å²) < 4.78 is 0. The first-order chi connectivity index (χ1) is 44.7. The highest BCUT2D eigenvalue weighted by Crippen LogP contribution is 2.41. The predicted octanol–water partition coefficient (Wildman–Crippen LogP) is 16.2. The molecular formula is C86H62N2Si2. The van der Waals surface area contributed by atoms with Crippen molar-refractivity contribution in [3.63, 3.8) is 0 Å². The molecule has 2 heterocycles. The van der Waals surface area contributed by atoms with Gasteiger partial charge in [0.15, 0.2) is 16.1 Å². The van der Waals surface area contributed by atoms with Crippen LogP contribution in [0, 0.1) is 0 Å². The SMILES string of the molecule is c1ccc(-c2ccc(-c3ccc(-c4ccccn4)c4ccccc34)c3ccccc23)nc1.c1ccc([Si](c2ccccc2)(c2ccccc2)c2ccc(-c3ccc([Si](c4ccccc4)(c4ccccc4)c4ccccc4)c4ccccc34)c3ccccc23)cc1. The Kier molecular flexibility index (Phi) is 15.1. The van der Waals surface area contributed by atoms with Gasteiger partial charge in [0.1, 0.15) is 0 Å². The van der Waals surface area contributed by atoms with Gasteiger partial charge in [-0.2, -0.15) is 0 Å². The molecule has 2 aromatic heterocycles. The molecule has 16 aromatic rings. The van der Waals surface area contributed by atoms with Crippen LogP contribution in [0.3, 0.4) is 0 Å². The predicted molar refractivity (Wildman–Crippen MR) is 387 cm³/mol. The van der Waals surface area contributed by atoms with Gasteiger partial charge in [-0.05, 0) is 131 Å². The first-order valence-electron chi connectivity index (χ1n) is 31.0. The fourth-order valence-corrected chi connectivity index (χ4v) is 24.3. The minimum absolute atomic E-state index is 0.991. The van der Waals surface area contributed by atoms with E-state index in [1.165, 1.54) is 107 Å². The second-order valence-electron chi connectivity index (χ2n) is 23.0. The molecule has 0 N–H and O–H groups in total. The van der Waals surface area contributed by atoms with Crippen molar-refractivity contribution in [2.24, 2.45) is 0 Å². The Bertz CT molecular complexity index is 4630. The van der Waals surface area contributed by atoms with Crippen LogP contribution >= 0.6 is 0 Å². The lowest BCUT2D eigenvalue weighted by Crippen LogP contribution is -2.74. The summed E-state index contributed by atoms with van der Waals surface area (Å²) in [6, 6.07) is 134. The zero-order valence-electron chi connectivity index (χ0n) is 49.7. The van der Waals surface area contributed by atoms with E-state index in [9.17, 15) is 0 Å². The number of fused-ring (bicyclic) bond motifs is 4. The van der Waals surface area contributed by atoms with Crippen molar-refractivity contribution in [1.29, 1.82) is 0 Å². The molecule has 16 rings (SSSR count). The average molecular weight is 1180 g/mol. The molecule has 0 aliphatic rings. The first-order valence-corrected chi connectivity index (χ1v) is 35.0.